The summed E-state index contributed by atoms with van der Waals surface area (Å²) in [5.41, 5.74) is 0.753. The van der Waals surface area contributed by atoms with Crippen molar-refractivity contribution in [1.82, 2.24) is 30.0 Å². The average molecular weight is 426 g/mol. The average Bonchev–Trinajstić information content (AvgIpc) is 3.29. The SMILES string of the molecule is O=C(NC1CCN(CC2CCCCC2)CC1)C1CCN(c2ccc3nncn3n2)CC1. The molecule has 31 heavy (non-hydrogen) atoms. The standard InChI is InChI=1S/C23H35N7O/c31-23(25-20-10-12-28(13-11-20)16-18-4-2-1-3-5-18)19-8-14-29(15-9-19)22-7-6-21-26-24-17-30(21)27-22/h6-7,17-20H,1-5,8-16H2,(H,25,31). The first-order valence-corrected chi connectivity index (χ1v) is 12.2. The Bertz CT molecular complexity index is 862. The number of rotatable bonds is 5. The normalized spacial score (nSPS) is 22.8. The maximum Gasteiger partial charge on any atom is 0.223 e. The van der Waals surface area contributed by atoms with Crippen LogP contribution in [0.25, 0.3) is 5.65 Å². The van der Waals surface area contributed by atoms with Gasteiger partial charge in [-0.1, -0.05) is 19.3 Å². The molecule has 1 amide bonds. The number of aromatic nitrogens is 4. The van der Waals surface area contributed by atoms with Crippen LogP contribution in [0.15, 0.2) is 18.5 Å². The Morgan fingerprint density at radius 1 is 0.968 bits per heavy atom. The van der Waals surface area contributed by atoms with Crippen LogP contribution in [0.3, 0.4) is 0 Å². The van der Waals surface area contributed by atoms with E-state index in [1.165, 1.54) is 38.6 Å². The van der Waals surface area contributed by atoms with Crippen LogP contribution >= 0.6 is 0 Å². The number of hydrogen-bond acceptors (Lipinski definition) is 6. The molecule has 0 atom stereocenters. The summed E-state index contributed by atoms with van der Waals surface area (Å²) >= 11 is 0. The first kappa shape index (κ1) is 20.7. The molecule has 0 aromatic carbocycles. The van der Waals surface area contributed by atoms with Gasteiger partial charge in [0.1, 0.15) is 12.1 Å². The molecule has 1 saturated carbocycles. The fourth-order valence-electron chi connectivity index (χ4n) is 5.57. The van der Waals surface area contributed by atoms with Gasteiger partial charge < -0.3 is 15.1 Å². The number of anilines is 1. The van der Waals surface area contributed by atoms with Gasteiger partial charge in [0.25, 0.3) is 0 Å². The Kier molecular flexibility index (Phi) is 6.34. The van der Waals surface area contributed by atoms with Crippen molar-refractivity contribution >= 4 is 17.4 Å². The van der Waals surface area contributed by atoms with Crippen LogP contribution < -0.4 is 10.2 Å². The monoisotopic (exact) mass is 425 g/mol. The van der Waals surface area contributed by atoms with E-state index >= 15 is 0 Å². The number of carbonyl (C=O) groups excluding carboxylic acids is 1. The molecule has 3 aliphatic rings. The predicted molar refractivity (Wildman–Crippen MR) is 120 cm³/mol. The lowest BCUT2D eigenvalue weighted by atomic mass is 9.88. The second-order valence-corrected chi connectivity index (χ2v) is 9.67. The van der Waals surface area contributed by atoms with Gasteiger partial charge in [-0.15, -0.1) is 15.3 Å². The third kappa shape index (κ3) is 5.00. The molecular formula is C23H35N7O. The molecule has 0 spiro atoms. The van der Waals surface area contributed by atoms with E-state index in [4.69, 9.17) is 0 Å². The van der Waals surface area contributed by atoms with E-state index in [0.717, 1.165) is 69.2 Å². The lowest BCUT2D eigenvalue weighted by Crippen LogP contribution is -2.48. The highest BCUT2D eigenvalue weighted by molar-refractivity contribution is 5.79. The Morgan fingerprint density at radius 3 is 2.52 bits per heavy atom. The second-order valence-electron chi connectivity index (χ2n) is 9.67. The maximum absolute atomic E-state index is 12.9. The van der Waals surface area contributed by atoms with E-state index in [1.807, 2.05) is 12.1 Å². The lowest BCUT2D eigenvalue weighted by molar-refractivity contribution is -0.126. The summed E-state index contributed by atoms with van der Waals surface area (Å²) in [6.07, 6.45) is 12.7. The summed E-state index contributed by atoms with van der Waals surface area (Å²) < 4.78 is 1.70. The number of carbonyl (C=O) groups is 1. The van der Waals surface area contributed by atoms with Crippen molar-refractivity contribution in [3.8, 4) is 0 Å². The fourth-order valence-corrected chi connectivity index (χ4v) is 5.57. The largest absolute Gasteiger partial charge is 0.355 e. The van der Waals surface area contributed by atoms with Crippen molar-refractivity contribution in [2.75, 3.05) is 37.6 Å². The van der Waals surface area contributed by atoms with E-state index in [-0.39, 0.29) is 11.8 Å². The van der Waals surface area contributed by atoms with Crippen molar-refractivity contribution in [2.45, 2.75) is 63.8 Å². The van der Waals surface area contributed by atoms with Crippen molar-refractivity contribution in [1.29, 1.82) is 0 Å². The van der Waals surface area contributed by atoms with Crippen molar-refractivity contribution in [2.24, 2.45) is 11.8 Å². The Labute approximate surface area is 184 Å². The van der Waals surface area contributed by atoms with E-state index in [9.17, 15) is 4.79 Å². The lowest BCUT2D eigenvalue weighted by Gasteiger charge is -2.37. The molecule has 8 heteroatoms. The highest BCUT2D eigenvalue weighted by Gasteiger charge is 2.29. The van der Waals surface area contributed by atoms with Gasteiger partial charge in [-0.05, 0) is 56.6 Å². The van der Waals surface area contributed by atoms with Gasteiger partial charge in [0.2, 0.25) is 5.91 Å². The molecular weight excluding hydrogens is 390 g/mol. The second kappa shape index (κ2) is 9.51. The first-order chi connectivity index (χ1) is 15.2. The molecule has 5 rings (SSSR count). The summed E-state index contributed by atoms with van der Waals surface area (Å²) in [6.45, 7) is 5.26. The van der Waals surface area contributed by atoms with Gasteiger partial charge in [-0.25, -0.2) is 0 Å². The molecule has 0 bridgehead atoms. The van der Waals surface area contributed by atoms with Crippen molar-refractivity contribution < 1.29 is 4.79 Å². The quantitative estimate of drug-likeness (QED) is 0.793. The Balaban J connectivity index is 1.05. The number of piperidine rings is 2. The van der Waals surface area contributed by atoms with Crippen LogP contribution in [0, 0.1) is 11.8 Å². The van der Waals surface area contributed by atoms with Gasteiger partial charge >= 0.3 is 0 Å². The molecule has 2 aromatic heterocycles. The van der Waals surface area contributed by atoms with E-state index in [1.54, 1.807) is 10.8 Å². The Hall–Kier alpha value is -2.22. The van der Waals surface area contributed by atoms with Crippen LogP contribution in [0.2, 0.25) is 0 Å². The van der Waals surface area contributed by atoms with E-state index < -0.39 is 0 Å². The zero-order valence-corrected chi connectivity index (χ0v) is 18.5. The minimum Gasteiger partial charge on any atom is -0.355 e. The zero-order valence-electron chi connectivity index (χ0n) is 18.5. The maximum atomic E-state index is 12.9. The number of amides is 1. The molecule has 2 saturated heterocycles. The molecule has 3 fully saturated rings. The minimum absolute atomic E-state index is 0.121. The van der Waals surface area contributed by atoms with Crippen LogP contribution in [0.1, 0.15) is 57.8 Å². The number of fused-ring (bicyclic) bond motifs is 1. The number of hydrogen-bond donors (Lipinski definition) is 1. The van der Waals surface area contributed by atoms with E-state index in [0.29, 0.717) is 6.04 Å². The summed E-state index contributed by atoms with van der Waals surface area (Å²) in [5.74, 6) is 2.21. The number of likely N-dealkylation sites (tertiary alicyclic amines) is 1. The first-order valence-electron chi connectivity index (χ1n) is 12.2. The highest BCUT2D eigenvalue weighted by Crippen LogP contribution is 2.26. The molecule has 2 aliphatic heterocycles. The van der Waals surface area contributed by atoms with Crippen molar-refractivity contribution in [3.63, 3.8) is 0 Å². The Morgan fingerprint density at radius 2 is 1.74 bits per heavy atom. The highest BCUT2D eigenvalue weighted by atomic mass is 16.2. The molecule has 0 radical (unpaired) electrons. The molecule has 2 aromatic rings. The van der Waals surface area contributed by atoms with Gasteiger partial charge in [-0.2, -0.15) is 4.52 Å². The molecule has 0 unspecified atom stereocenters. The van der Waals surface area contributed by atoms with Crippen LogP contribution in [-0.2, 0) is 4.79 Å². The third-order valence-corrected chi connectivity index (χ3v) is 7.51. The predicted octanol–water partition coefficient (Wildman–Crippen LogP) is 2.50. The minimum atomic E-state index is 0.121. The molecule has 1 N–H and O–H groups in total. The molecule has 4 heterocycles. The van der Waals surface area contributed by atoms with Crippen LogP contribution in [0.4, 0.5) is 5.82 Å². The van der Waals surface area contributed by atoms with E-state index in [2.05, 4.69) is 30.4 Å². The topological polar surface area (TPSA) is 78.7 Å². The number of nitrogens with zero attached hydrogens (tertiary/aromatic N) is 6. The molecule has 1 aliphatic carbocycles. The summed E-state index contributed by atoms with van der Waals surface area (Å²) in [7, 11) is 0. The molecule has 8 nitrogen and oxygen atoms in total. The van der Waals surface area contributed by atoms with Gasteiger partial charge in [-0.3, -0.25) is 4.79 Å². The third-order valence-electron chi connectivity index (χ3n) is 7.51. The molecule has 168 valence electrons. The number of nitrogens with one attached hydrogen (secondary N) is 1. The van der Waals surface area contributed by atoms with Crippen molar-refractivity contribution in [3.05, 3.63) is 18.5 Å². The zero-order chi connectivity index (χ0) is 21.0. The van der Waals surface area contributed by atoms with Gasteiger partial charge in [0, 0.05) is 44.7 Å². The fraction of sp³-hybridized carbons (Fsp3) is 0.739. The smallest absolute Gasteiger partial charge is 0.223 e. The van der Waals surface area contributed by atoms with Gasteiger partial charge in [0.15, 0.2) is 5.65 Å². The summed E-state index contributed by atoms with van der Waals surface area (Å²) in [4.78, 5) is 17.8. The van der Waals surface area contributed by atoms with Gasteiger partial charge in [0.05, 0.1) is 0 Å². The summed E-state index contributed by atoms with van der Waals surface area (Å²) in [5, 5.41) is 15.8. The summed E-state index contributed by atoms with van der Waals surface area (Å²) in [6, 6.07) is 4.28. The van der Waals surface area contributed by atoms with Crippen LogP contribution in [0.5, 0.6) is 0 Å². The van der Waals surface area contributed by atoms with Crippen LogP contribution in [-0.4, -0.2) is 69.4 Å².